The van der Waals surface area contributed by atoms with Gasteiger partial charge < -0.3 is 4.74 Å². The van der Waals surface area contributed by atoms with Crippen molar-refractivity contribution in [2.45, 2.75) is 31.1 Å². The fourth-order valence-corrected chi connectivity index (χ4v) is 3.10. The molecule has 2 fully saturated rings. The Morgan fingerprint density at radius 2 is 1.89 bits per heavy atom. The Kier molecular flexibility index (Phi) is 3.50. The molecule has 1 amide bonds. The number of carbonyl (C=O) groups excluding carboxylic acids is 1. The number of rotatable bonds is 3. The predicted molar refractivity (Wildman–Crippen MR) is 71.0 cm³/mol. The Balaban J connectivity index is 1.85. The summed E-state index contributed by atoms with van der Waals surface area (Å²) in [7, 11) is 0. The highest BCUT2D eigenvalue weighted by atomic mass is 16.5. The average molecular weight is 261 g/mol. The monoisotopic (exact) mass is 261 g/mol. The number of ether oxygens (including phenoxy) is 1. The van der Waals surface area contributed by atoms with Crippen LogP contribution in [0.5, 0.6) is 0 Å². The summed E-state index contributed by atoms with van der Waals surface area (Å²) in [5, 5.41) is 0. The summed E-state index contributed by atoms with van der Waals surface area (Å²) in [4.78, 5) is 14.3. The van der Waals surface area contributed by atoms with E-state index in [0.29, 0.717) is 0 Å². The quantitative estimate of drug-likeness (QED) is 0.474. The molecule has 2 heterocycles. The number of amides is 1. The lowest BCUT2D eigenvalue weighted by atomic mass is 10.0. The Morgan fingerprint density at radius 3 is 2.47 bits per heavy atom. The Labute approximate surface area is 112 Å². The first kappa shape index (κ1) is 12.6. The molecule has 0 radical (unpaired) electrons. The number of likely N-dealkylation sites (tertiary alicyclic amines) is 1. The minimum atomic E-state index is -0.321. The number of hydrazine groups is 1. The third-order valence-corrected chi connectivity index (χ3v) is 3.94. The first-order valence-corrected chi connectivity index (χ1v) is 6.73. The van der Waals surface area contributed by atoms with Crippen LogP contribution >= 0.6 is 0 Å². The second kappa shape index (κ2) is 5.28. The van der Waals surface area contributed by atoms with Gasteiger partial charge in [0.05, 0.1) is 12.2 Å². The van der Waals surface area contributed by atoms with E-state index in [0.717, 1.165) is 31.5 Å². The Hall–Kier alpha value is -1.43. The third kappa shape index (κ3) is 2.49. The number of carbonyl (C=O) groups is 1. The fourth-order valence-electron chi connectivity index (χ4n) is 3.10. The molecule has 0 aromatic heterocycles. The lowest BCUT2D eigenvalue weighted by Gasteiger charge is -2.37. The lowest BCUT2D eigenvalue weighted by Crippen LogP contribution is -2.50. The highest BCUT2D eigenvalue weighted by Crippen LogP contribution is 2.31. The summed E-state index contributed by atoms with van der Waals surface area (Å²) in [6.07, 6.45) is 2.70. The molecule has 3 unspecified atom stereocenters. The number of morpholine rings is 1. The van der Waals surface area contributed by atoms with Gasteiger partial charge in [-0.3, -0.25) is 15.1 Å². The van der Waals surface area contributed by atoms with Crippen molar-refractivity contribution in [2.75, 3.05) is 13.1 Å². The van der Waals surface area contributed by atoms with Gasteiger partial charge in [-0.15, -0.1) is 0 Å². The normalized spacial score (nSPS) is 28.1. The highest BCUT2D eigenvalue weighted by Gasteiger charge is 2.39. The minimum Gasteiger partial charge on any atom is -0.372 e. The second-order valence-electron chi connectivity index (χ2n) is 5.23. The molecular weight excluding hydrogens is 242 g/mol. The van der Waals surface area contributed by atoms with E-state index in [2.05, 4.69) is 10.3 Å². The summed E-state index contributed by atoms with van der Waals surface area (Å²) in [5.74, 6) is 5.18. The Bertz CT molecular complexity index is 439. The van der Waals surface area contributed by atoms with Crippen LogP contribution in [0, 0.1) is 0 Å². The van der Waals surface area contributed by atoms with Crippen molar-refractivity contribution in [1.82, 2.24) is 10.3 Å². The summed E-state index contributed by atoms with van der Waals surface area (Å²) >= 11 is 0. The van der Waals surface area contributed by atoms with Crippen molar-refractivity contribution in [3.8, 4) is 0 Å². The van der Waals surface area contributed by atoms with E-state index in [9.17, 15) is 4.79 Å². The molecule has 2 aliphatic rings. The summed E-state index contributed by atoms with van der Waals surface area (Å²) in [5.41, 5.74) is 3.27. The molecule has 0 spiro atoms. The van der Waals surface area contributed by atoms with E-state index in [-0.39, 0.29) is 24.2 Å². The van der Waals surface area contributed by atoms with E-state index in [1.54, 1.807) is 0 Å². The standard InChI is InChI=1S/C14H19N3O2/c15-16-14(18)13(10-4-2-1-3-5-10)17-8-11-6-7-12(9-17)19-11/h1-5,11-13H,6-9,15H2,(H,16,18). The van der Waals surface area contributed by atoms with Crippen LogP contribution in [0.25, 0.3) is 0 Å². The molecule has 0 saturated carbocycles. The zero-order chi connectivity index (χ0) is 13.2. The van der Waals surface area contributed by atoms with Crippen LogP contribution in [0.15, 0.2) is 30.3 Å². The zero-order valence-electron chi connectivity index (χ0n) is 10.8. The molecule has 2 bridgehead atoms. The van der Waals surface area contributed by atoms with Crippen LogP contribution in [0.4, 0.5) is 0 Å². The van der Waals surface area contributed by atoms with Crippen molar-refractivity contribution in [1.29, 1.82) is 0 Å². The number of hydrogen-bond acceptors (Lipinski definition) is 4. The predicted octanol–water partition coefficient (Wildman–Crippen LogP) is 0.581. The van der Waals surface area contributed by atoms with Crippen LogP contribution in [0.1, 0.15) is 24.4 Å². The molecular formula is C14H19N3O2. The first-order chi connectivity index (χ1) is 9.28. The van der Waals surface area contributed by atoms with E-state index in [1.807, 2.05) is 30.3 Å². The largest absolute Gasteiger partial charge is 0.372 e. The van der Waals surface area contributed by atoms with Gasteiger partial charge in [0.25, 0.3) is 5.91 Å². The van der Waals surface area contributed by atoms with Gasteiger partial charge in [-0.2, -0.15) is 0 Å². The van der Waals surface area contributed by atoms with E-state index in [1.165, 1.54) is 0 Å². The van der Waals surface area contributed by atoms with Gasteiger partial charge in [0, 0.05) is 13.1 Å². The third-order valence-electron chi connectivity index (χ3n) is 3.94. The number of nitrogens with one attached hydrogen (secondary N) is 1. The van der Waals surface area contributed by atoms with Crippen LogP contribution in [-0.4, -0.2) is 36.1 Å². The van der Waals surface area contributed by atoms with Crippen LogP contribution in [-0.2, 0) is 9.53 Å². The molecule has 3 N–H and O–H groups in total. The topological polar surface area (TPSA) is 67.6 Å². The molecule has 102 valence electrons. The maximum Gasteiger partial charge on any atom is 0.255 e. The average Bonchev–Trinajstić information content (AvgIpc) is 2.79. The van der Waals surface area contributed by atoms with Gasteiger partial charge >= 0.3 is 0 Å². The van der Waals surface area contributed by atoms with Crippen molar-refractivity contribution >= 4 is 5.91 Å². The second-order valence-corrected chi connectivity index (χ2v) is 5.23. The Morgan fingerprint density at radius 1 is 1.26 bits per heavy atom. The van der Waals surface area contributed by atoms with Gasteiger partial charge in [0.2, 0.25) is 0 Å². The highest BCUT2D eigenvalue weighted by molar-refractivity contribution is 5.82. The molecule has 5 heteroatoms. The van der Waals surface area contributed by atoms with Crippen LogP contribution < -0.4 is 11.3 Å². The van der Waals surface area contributed by atoms with Crippen LogP contribution in [0.2, 0.25) is 0 Å². The SMILES string of the molecule is NNC(=O)C(c1ccccc1)N1CC2CCC(C1)O2. The molecule has 3 atom stereocenters. The summed E-state index contributed by atoms with van der Waals surface area (Å²) < 4.78 is 5.82. The molecule has 0 aliphatic carbocycles. The fraction of sp³-hybridized carbons (Fsp3) is 0.500. The summed E-state index contributed by atoms with van der Waals surface area (Å²) in [6, 6.07) is 9.46. The smallest absolute Gasteiger partial charge is 0.255 e. The van der Waals surface area contributed by atoms with Crippen LogP contribution in [0.3, 0.4) is 0 Å². The van der Waals surface area contributed by atoms with Crippen molar-refractivity contribution in [3.63, 3.8) is 0 Å². The van der Waals surface area contributed by atoms with Crippen molar-refractivity contribution in [2.24, 2.45) is 5.84 Å². The molecule has 19 heavy (non-hydrogen) atoms. The van der Waals surface area contributed by atoms with Crippen molar-refractivity contribution in [3.05, 3.63) is 35.9 Å². The summed E-state index contributed by atoms with van der Waals surface area (Å²) in [6.45, 7) is 1.59. The first-order valence-electron chi connectivity index (χ1n) is 6.73. The van der Waals surface area contributed by atoms with E-state index in [4.69, 9.17) is 10.6 Å². The number of nitrogens with two attached hydrogens (primary N) is 1. The van der Waals surface area contributed by atoms with Gasteiger partial charge in [-0.05, 0) is 18.4 Å². The molecule has 2 saturated heterocycles. The molecule has 1 aromatic carbocycles. The zero-order valence-corrected chi connectivity index (χ0v) is 10.8. The van der Waals surface area contributed by atoms with Gasteiger partial charge in [-0.1, -0.05) is 30.3 Å². The number of fused-ring (bicyclic) bond motifs is 2. The maximum atomic E-state index is 12.1. The van der Waals surface area contributed by atoms with E-state index < -0.39 is 0 Å². The van der Waals surface area contributed by atoms with E-state index >= 15 is 0 Å². The van der Waals surface area contributed by atoms with Crippen molar-refractivity contribution < 1.29 is 9.53 Å². The molecule has 5 nitrogen and oxygen atoms in total. The minimum absolute atomic E-state index is 0.160. The maximum absolute atomic E-state index is 12.1. The number of hydrogen-bond donors (Lipinski definition) is 2. The molecule has 3 rings (SSSR count). The van der Waals surface area contributed by atoms with Gasteiger partial charge in [0.1, 0.15) is 6.04 Å². The van der Waals surface area contributed by atoms with Gasteiger partial charge in [-0.25, -0.2) is 5.84 Å². The molecule has 2 aliphatic heterocycles. The molecule has 1 aromatic rings. The lowest BCUT2D eigenvalue weighted by molar-refractivity contribution is -0.131. The van der Waals surface area contributed by atoms with Gasteiger partial charge in [0.15, 0.2) is 0 Å². The number of benzene rings is 1. The number of nitrogens with zero attached hydrogens (tertiary/aromatic N) is 1.